The molecule has 2 rings (SSSR count). The largest absolute Gasteiger partial charge is 0.450 e. The Kier molecular flexibility index (Phi) is 7.01. The van der Waals surface area contributed by atoms with Gasteiger partial charge in [0.05, 0.1) is 6.61 Å². The number of esters is 1. The zero-order valence-electron chi connectivity index (χ0n) is 15.0. The third-order valence-electron chi connectivity index (χ3n) is 3.80. The summed E-state index contributed by atoms with van der Waals surface area (Å²) >= 11 is 0. The Morgan fingerprint density at radius 2 is 2.00 bits per heavy atom. The molecule has 0 bridgehead atoms. The number of para-hydroxylation sites is 1. The summed E-state index contributed by atoms with van der Waals surface area (Å²) in [5.41, 5.74) is 1.23. The monoisotopic (exact) mass is 347 g/mol. The smallest absolute Gasteiger partial charge is 0.375 e. The maximum absolute atomic E-state index is 12.4. The molecule has 6 nitrogen and oxygen atoms in total. The summed E-state index contributed by atoms with van der Waals surface area (Å²) in [7, 11) is 0. The molecule has 0 saturated heterocycles. The highest BCUT2D eigenvalue weighted by molar-refractivity contribution is 5.96. The van der Waals surface area contributed by atoms with Crippen LogP contribution in [0.25, 0.3) is 11.0 Å². The van der Waals surface area contributed by atoms with Gasteiger partial charge in [-0.05, 0) is 26.3 Å². The van der Waals surface area contributed by atoms with Crippen molar-refractivity contribution in [2.45, 2.75) is 46.3 Å². The van der Waals surface area contributed by atoms with Crippen LogP contribution in [0.3, 0.4) is 0 Å². The van der Waals surface area contributed by atoms with Crippen molar-refractivity contribution < 1.29 is 23.5 Å². The summed E-state index contributed by atoms with van der Waals surface area (Å²) in [4.78, 5) is 24.2. The lowest BCUT2D eigenvalue weighted by Crippen LogP contribution is -2.35. The molecule has 0 aliphatic rings. The fraction of sp³-hybridized carbons (Fsp3) is 0.474. The number of rotatable bonds is 9. The van der Waals surface area contributed by atoms with Crippen molar-refractivity contribution >= 4 is 22.8 Å². The topological polar surface area (TPSA) is 77.8 Å². The van der Waals surface area contributed by atoms with Crippen LogP contribution >= 0.6 is 0 Å². The Morgan fingerprint density at radius 3 is 2.72 bits per heavy atom. The molecule has 0 spiro atoms. The molecular weight excluding hydrogens is 322 g/mol. The maximum Gasteiger partial charge on any atom is 0.375 e. The first kappa shape index (κ1) is 19.0. The summed E-state index contributed by atoms with van der Waals surface area (Å²) < 4.78 is 16.2. The minimum absolute atomic E-state index is 0.0518. The molecule has 25 heavy (non-hydrogen) atoms. The standard InChI is InChI=1S/C19H25NO5/c1-4-8-13(3)20-17(21)12-24-19(22)18-15(11-23-5-2)14-9-6-7-10-16(14)25-18/h6-7,9-10,13H,4-5,8,11-12H2,1-3H3,(H,20,21)/t13-/m0/s1. The van der Waals surface area contributed by atoms with E-state index in [0.717, 1.165) is 18.2 Å². The van der Waals surface area contributed by atoms with E-state index < -0.39 is 5.97 Å². The summed E-state index contributed by atoms with van der Waals surface area (Å²) in [5, 5.41) is 3.60. The molecule has 1 atom stereocenters. The molecule has 0 unspecified atom stereocenters. The number of nitrogens with one attached hydrogen (secondary N) is 1. The lowest BCUT2D eigenvalue weighted by atomic mass is 10.1. The Morgan fingerprint density at radius 1 is 1.24 bits per heavy atom. The second kappa shape index (κ2) is 9.22. The lowest BCUT2D eigenvalue weighted by molar-refractivity contribution is -0.124. The second-order valence-corrected chi connectivity index (χ2v) is 5.88. The van der Waals surface area contributed by atoms with Crippen molar-refractivity contribution in [2.24, 2.45) is 0 Å². The molecule has 0 aliphatic carbocycles. The van der Waals surface area contributed by atoms with Gasteiger partial charge in [-0.1, -0.05) is 31.5 Å². The number of hydrogen-bond acceptors (Lipinski definition) is 5. The highest BCUT2D eigenvalue weighted by Crippen LogP contribution is 2.27. The van der Waals surface area contributed by atoms with Crippen LogP contribution in [0.1, 0.15) is 49.7 Å². The van der Waals surface area contributed by atoms with E-state index in [9.17, 15) is 9.59 Å². The molecule has 1 N–H and O–H groups in total. The van der Waals surface area contributed by atoms with Gasteiger partial charge in [-0.25, -0.2) is 4.79 Å². The van der Waals surface area contributed by atoms with Crippen LogP contribution in [-0.2, 0) is 20.9 Å². The van der Waals surface area contributed by atoms with E-state index in [2.05, 4.69) is 5.32 Å². The van der Waals surface area contributed by atoms with Crippen LogP contribution in [0.2, 0.25) is 0 Å². The predicted molar refractivity (Wildman–Crippen MR) is 94.3 cm³/mol. The fourth-order valence-corrected chi connectivity index (χ4v) is 2.63. The van der Waals surface area contributed by atoms with Gasteiger partial charge in [0.1, 0.15) is 5.58 Å². The Balaban J connectivity index is 2.07. The molecule has 1 amide bonds. The van der Waals surface area contributed by atoms with Gasteiger partial charge in [-0.3, -0.25) is 4.79 Å². The summed E-state index contributed by atoms with van der Waals surface area (Å²) in [6, 6.07) is 7.39. The minimum atomic E-state index is -0.663. The van der Waals surface area contributed by atoms with E-state index >= 15 is 0 Å². The number of amides is 1. The molecule has 1 aromatic heterocycles. The van der Waals surface area contributed by atoms with Gasteiger partial charge in [-0.15, -0.1) is 0 Å². The molecule has 1 heterocycles. The molecule has 2 aromatic rings. The van der Waals surface area contributed by atoms with Gasteiger partial charge in [0, 0.05) is 23.6 Å². The van der Waals surface area contributed by atoms with Gasteiger partial charge in [0.2, 0.25) is 5.76 Å². The van der Waals surface area contributed by atoms with Crippen LogP contribution in [-0.4, -0.2) is 31.1 Å². The van der Waals surface area contributed by atoms with Crippen molar-refractivity contribution in [3.63, 3.8) is 0 Å². The predicted octanol–water partition coefficient (Wildman–Crippen LogP) is 3.43. The van der Waals surface area contributed by atoms with Gasteiger partial charge in [0.25, 0.3) is 5.91 Å². The Hall–Kier alpha value is -2.34. The third kappa shape index (κ3) is 5.06. The molecule has 136 valence electrons. The van der Waals surface area contributed by atoms with E-state index in [0.29, 0.717) is 17.8 Å². The zero-order chi connectivity index (χ0) is 18.2. The van der Waals surface area contributed by atoms with Gasteiger partial charge >= 0.3 is 5.97 Å². The molecule has 0 saturated carbocycles. The van der Waals surface area contributed by atoms with Crippen molar-refractivity contribution in [1.82, 2.24) is 5.32 Å². The molecule has 6 heteroatoms. The van der Waals surface area contributed by atoms with Gasteiger partial charge < -0.3 is 19.2 Å². The first-order valence-electron chi connectivity index (χ1n) is 8.61. The van der Waals surface area contributed by atoms with E-state index in [1.807, 2.05) is 39.0 Å². The average molecular weight is 347 g/mol. The van der Waals surface area contributed by atoms with E-state index in [1.165, 1.54) is 0 Å². The first-order valence-corrected chi connectivity index (χ1v) is 8.61. The van der Waals surface area contributed by atoms with Crippen LogP contribution < -0.4 is 5.32 Å². The zero-order valence-corrected chi connectivity index (χ0v) is 15.0. The number of hydrogen-bond donors (Lipinski definition) is 1. The van der Waals surface area contributed by atoms with Crippen LogP contribution in [0, 0.1) is 0 Å². The molecule has 1 aromatic carbocycles. The van der Waals surface area contributed by atoms with E-state index in [1.54, 1.807) is 6.07 Å². The van der Waals surface area contributed by atoms with Gasteiger partial charge in [0.15, 0.2) is 6.61 Å². The molecular formula is C19H25NO5. The molecule has 0 aliphatic heterocycles. The van der Waals surface area contributed by atoms with Crippen molar-refractivity contribution in [3.8, 4) is 0 Å². The SMILES string of the molecule is CCC[C@H](C)NC(=O)COC(=O)c1oc2ccccc2c1COCC. The number of benzene rings is 1. The van der Waals surface area contributed by atoms with Crippen LogP contribution in [0.5, 0.6) is 0 Å². The summed E-state index contributed by atoms with van der Waals surface area (Å²) in [5.74, 6) is -0.898. The average Bonchev–Trinajstić information content (AvgIpc) is 2.96. The van der Waals surface area contributed by atoms with Crippen molar-refractivity contribution in [3.05, 3.63) is 35.6 Å². The summed E-state index contributed by atoms with van der Waals surface area (Å²) in [6.45, 7) is 6.27. The van der Waals surface area contributed by atoms with Crippen molar-refractivity contribution in [1.29, 1.82) is 0 Å². The molecule has 0 radical (unpaired) electrons. The highest BCUT2D eigenvalue weighted by atomic mass is 16.5. The van der Waals surface area contributed by atoms with E-state index in [4.69, 9.17) is 13.9 Å². The number of fused-ring (bicyclic) bond motifs is 1. The maximum atomic E-state index is 12.4. The van der Waals surface area contributed by atoms with Gasteiger partial charge in [-0.2, -0.15) is 0 Å². The van der Waals surface area contributed by atoms with E-state index in [-0.39, 0.29) is 30.9 Å². The summed E-state index contributed by atoms with van der Waals surface area (Å²) in [6.07, 6.45) is 1.85. The first-order chi connectivity index (χ1) is 12.1. The second-order valence-electron chi connectivity index (χ2n) is 5.88. The number of furan rings is 1. The normalized spacial score (nSPS) is 12.1. The number of ether oxygens (including phenoxy) is 2. The fourth-order valence-electron chi connectivity index (χ4n) is 2.63. The third-order valence-corrected chi connectivity index (χ3v) is 3.80. The number of carbonyl (C=O) groups excluding carboxylic acids is 2. The van der Waals surface area contributed by atoms with Crippen LogP contribution in [0.15, 0.2) is 28.7 Å². The Labute approximate surface area is 147 Å². The minimum Gasteiger partial charge on any atom is -0.450 e. The Bertz CT molecular complexity index is 722. The molecule has 0 fully saturated rings. The van der Waals surface area contributed by atoms with Crippen LogP contribution in [0.4, 0.5) is 0 Å². The quantitative estimate of drug-likeness (QED) is 0.703. The van der Waals surface area contributed by atoms with Crippen molar-refractivity contribution in [2.75, 3.05) is 13.2 Å². The lowest BCUT2D eigenvalue weighted by Gasteiger charge is -2.12. The number of carbonyl (C=O) groups is 2. The highest BCUT2D eigenvalue weighted by Gasteiger charge is 2.22.